The number of hydrogen-bond donors (Lipinski definition) is 1. The zero-order valence-electron chi connectivity index (χ0n) is 10.0. The van der Waals surface area contributed by atoms with Crippen LogP contribution in [0.3, 0.4) is 0 Å². The van der Waals surface area contributed by atoms with Crippen LogP contribution in [0.4, 0.5) is 11.4 Å². The maximum absolute atomic E-state index is 5.98. The SMILES string of the molecule is CN(Cc1ccccc1Br)c1ccc(Cl)cc1N. The van der Waals surface area contributed by atoms with Gasteiger partial charge in [0.25, 0.3) is 0 Å². The van der Waals surface area contributed by atoms with Crippen molar-refractivity contribution in [2.45, 2.75) is 6.54 Å². The lowest BCUT2D eigenvalue weighted by molar-refractivity contribution is 0.920. The number of hydrogen-bond acceptors (Lipinski definition) is 2. The van der Waals surface area contributed by atoms with E-state index in [2.05, 4.69) is 26.9 Å². The first kappa shape index (κ1) is 13.2. The average molecular weight is 326 g/mol. The standard InChI is InChI=1S/C14H14BrClN2/c1-18(9-10-4-2-3-5-12(10)15)14-7-6-11(16)8-13(14)17/h2-8H,9,17H2,1H3. The summed E-state index contributed by atoms with van der Waals surface area (Å²) in [6.07, 6.45) is 0. The second kappa shape index (κ2) is 5.63. The molecule has 94 valence electrons. The van der Waals surface area contributed by atoms with E-state index in [0.717, 1.165) is 16.7 Å². The lowest BCUT2D eigenvalue weighted by Gasteiger charge is -2.22. The van der Waals surface area contributed by atoms with Gasteiger partial charge >= 0.3 is 0 Å². The van der Waals surface area contributed by atoms with E-state index in [0.29, 0.717) is 10.7 Å². The van der Waals surface area contributed by atoms with Crippen LogP contribution >= 0.6 is 27.5 Å². The molecule has 0 aliphatic heterocycles. The predicted molar refractivity (Wildman–Crippen MR) is 82.1 cm³/mol. The van der Waals surface area contributed by atoms with Gasteiger partial charge < -0.3 is 10.6 Å². The molecule has 0 aliphatic rings. The number of nitrogens with zero attached hydrogens (tertiary/aromatic N) is 1. The van der Waals surface area contributed by atoms with Crippen molar-refractivity contribution in [3.8, 4) is 0 Å². The van der Waals surface area contributed by atoms with E-state index in [1.165, 1.54) is 5.56 Å². The summed E-state index contributed by atoms with van der Waals surface area (Å²) in [5.41, 5.74) is 8.87. The molecular formula is C14H14BrClN2. The third-order valence-corrected chi connectivity index (χ3v) is 3.77. The third kappa shape index (κ3) is 2.98. The molecule has 4 heteroatoms. The lowest BCUT2D eigenvalue weighted by atomic mass is 10.2. The van der Waals surface area contributed by atoms with Gasteiger partial charge in [-0.2, -0.15) is 0 Å². The van der Waals surface area contributed by atoms with Crippen LogP contribution in [0.2, 0.25) is 5.02 Å². The normalized spacial score (nSPS) is 10.4. The van der Waals surface area contributed by atoms with Crippen LogP contribution in [0.5, 0.6) is 0 Å². The van der Waals surface area contributed by atoms with Crippen molar-refractivity contribution in [3.05, 3.63) is 57.5 Å². The van der Waals surface area contributed by atoms with Gasteiger partial charge in [-0.1, -0.05) is 45.7 Å². The Morgan fingerprint density at radius 3 is 2.61 bits per heavy atom. The molecule has 2 aromatic carbocycles. The van der Waals surface area contributed by atoms with Crippen LogP contribution in [0.1, 0.15) is 5.56 Å². The first-order valence-electron chi connectivity index (χ1n) is 5.57. The van der Waals surface area contributed by atoms with Crippen LogP contribution < -0.4 is 10.6 Å². The summed E-state index contributed by atoms with van der Waals surface area (Å²) in [5.74, 6) is 0. The Labute approximate surface area is 120 Å². The third-order valence-electron chi connectivity index (χ3n) is 2.77. The first-order chi connectivity index (χ1) is 8.58. The summed E-state index contributed by atoms with van der Waals surface area (Å²) < 4.78 is 1.10. The molecule has 0 aromatic heterocycles. The fraction of sp³-hybridized carbons (Fsp3) is 0.143. The molecule has 0 unspecified atom stereocenters. The Morgan fingerprint density at radius 1 is 1.22 bits per heavy atom. The summed E-state index contributed by atoms with van der Waals surface area (Å²) in [7, 11) is 2.01. The molecule has 2 rings (SSSR count). The number of anilines is 2. The molecule has 2 N–H and O–H groups in total. The zero-order chi connectivity index (χ0) is 13.1. The minimum Gasteiger partial charge on any atom is -0.397 e. The smallest absolute Gasteiger partial charge is 0.0601 e. The van der Waals surface area contributed by atoms with Gasteiger partial charge in [-0.15, -0.1) is 0 Å². The number of halogens is 2. The molecule has 0 saturated heterocycles. The van der Waals surface area contributed by atoms with Gasteiger partial charge in [-0.3, -0.25) is 0 Å². The molecule has 0 amide bonds. The van der Waals surface area contributed by atoms with Crippen molar-refractivity contribution in [3.63, 3.8) is 0 Å². The average Bonchev–Trinajstić information content (AvgIpc) is 2.32. The molecule has 2 aromatic rings. The molecule has 0 radical (unpaired) electrons. The van der Waals surface area contributed by atoms with Crippen molar-refractivity contribution in [1.82, 2.24) is 0 Å². The van der Waals surface area contributed by atoms with Crippen molar-refractivity contribution in [2.75, 3.05) is 17.7 Å². The molecule has 0 fully saturated rings. The minimum absolute atomic E-state index is 0.658. The van der Waals surface area contributed by atoms with Gasteiger partial charge in [0.2, 0.25) is 0 Å². The molecule has 18 heavy (non-hydrogen) atoms. The molecular weight excluding hydrogens is 312 g/mol. The van der Waals surface area contributed by atoms with Gasteiger partial charge in [0.1, 0.15) is 0 Å². The van der Waals surface area contributed by atoms with Gasteiger partial charge in [-0.25, -0.2) is 0 Å². The summed E-state index contributed by atoms with van der Waals surface area (Å²) in [4.78, 5) is 2.10. The number of nitrogen functional groups attached to an aromatic ring is 1. The lowest BCUT2D eigenvalue weighted by Crippen LogP contribution is -2.18. The highest BCUT2D eigenvalue weighted by Crippen LogP contribution is 2.27. The Bertz CT molecular complexity index is 557. The van der Waals surface area contributed by atoms with Crippen LogP contribution in [0, 0.1) is 0 Å². The highest BCUT2D eigenvalue weighted by molar-refractivity contribution is 9.10. The van der Waals surface area contributed by atoms with Crippen LogP contribution in [0.25, 0.3) is 0 Å². The van der Waals surface area contributed by atoms with Gasteiger partial charge in [0.15, 0.2) is 0 Å². The van der Waals surface area contributed by atoms with Crippen molar-refractivity contribution in [2.24, 2.45) is 0 Å². The van der Waals surface area contributed by atoms with Crippen molar-refractivity contribution < 1.29 is 0 Å². The number of nitrogens with two attached hydrogens (primary N) is 1. The van der Waals surface area contributed by atoms with Gasteiger partial charge in [0, 0.05) is 23.1 Å². The second-order valence-corrected chi connectivity index (χ2v) is 5.44. The van der Waals surface area contributed by atoms with Gasteiger partial charge in [-0.05, 0) is 29.8 Å². The van der Waals surface area contributed by atoms with E-state index in [-0.39, 0.29) is 0 Å². The highest BCUT2D eigenvalue weighted by atomic mass is 79.9. The van der Waals surface area contributed by atoms with E-state index in [4.69, 9.17) is 17.3 Å². The van der Waals surface area contributed by atoms with E-state index in [1.807, 2.05) is 37.4 Å². The van der Waals surface area contributed by atoms with E-state index in [1.54, 1.807) is 6.07 Å². The largest absolute Gasteiger partial charge is 0.397 e. The maximum Gasteiger partial charge on any atom is 0.0601 e. The highest BCUT2D eigenvalue weighted by Gasteiger charge is 2.08. The summed E-state index contributed by atoms with van der Waals surface area (Å²) >= 11 is 9.45. The molecule has 0 spiro atoms. The summed E-state index contributed by atoms with van der Waals surface area (Å²) in [6, 6.07) is 13.7. The van der Waals surface area contributed by atoms with Crippen LogP contribution in [-0.2, 0) is 6.54 Å². The zero-order valence-corrected chi connectivity index (χ0v) is 12.4. The second-order valence-electron chi connectivity index (χ2n) is 4.15. The summed E-state index contributed by atoms with van der Waals surface area (Å²) in [5, 5.41) is 0.658. The van der Waals surface area contributed by atoms with E-state index < -0.39 is 0 Å². The Morgan fingerprint density at radius 2 is 1.94 bits per heavy atom. The van der Waals surface area contributed by atoms with Crippen LogP contribution in [0.15, 0.2) is 46.9 Å². The molecule has 0 saturated carbocycles. The molecule has 0 atom stereocenters. The van der Waals surface area contributed by atoms with Crippen molar-refractivity contribution >= 4 is 38.9 Å². The first-order valence-corrected chi connectivity index (χ1v) is 6.74. The van der Waals surface area contributed by atoms with Crippen molar-refractivity contribution in [1.29, 1.82) is 0 Å². The monoisotopic (exact) mass is 324 g/mol. The van der Waals surface area contributed by atoms with E-state index in [9.17, 15) is 0 Å². The van der Waals surface area contributed by atoms with Crippen LogP contribution in [-0.4, -0.2) is 7.05 Å². The van der Waals surface area contributed by atoms with E-state index >= 15 is 0 Å². The molecule has 0 bridgehead atoms. The minimum atomic E-state index is 0.658. The molecule has 0 heterocycles. The number of benzene rings is 2. The maximum atomic E-state index is 5.98. The fourth-order valence-electron chi connectivity index (χ4n) is 1.84. The quantitative estimate of drug-likeness (QED) is 0.852. The summed E-state index contributed by atoms with van der Waals surface area (Å²) in [6.45, 7) is 0.785. The topological polar surface area (TPSA) is 29.3 Å². The Hall–Kier alpha value is -1.19. The number of rotatable bonds is 3. The predicted octanol–water partition coefficient (Wildman–Crippen LogP) is 4.32. The Kier molecular flexibility index (Phi) is 4.15. The Balaban J connectivity index is 2.22. The molecule has 2 nitrogen and oxygen atoms in total. The fourth-order valence-corrected chi connectivity index (χ4v) is 2.43. The van der Waals surface area contributed by atoms with Gasteiger partial charge in [0.05, 0.1) is 11.4 Å². The molecule has 0 aliphatic carbocycles.